The molecule has 0 saturated carbocycles. The first kappa shape index (κ1) is 15.2. The van der Waals surface area contributed by atoms with Crippen LogP contribution in [0.4, 0.5) is 5.69 Å². The fraction of sp³-hybridized carbons (Fsp3) is 0.647. The molecule has 1 aromatic rings. The van der Waals surface area contributed by atoms with Gasteiger partial charge in [0.25, 0.3) is 0 Å². The van der Waals surface area contributed by atoms with E-state index in [1.54, 1.807) is 0 Å². The van der Waals surface area contributed by atoms with Gasteiger partial charge in [-0.2, -0.15) is 11.8 Å². The number of anilines is 1. The minimum absolute atomic E-state index is 0.120. The predicted molar refractivity (Wildman–Crippen MR) is 91.0 cm³/mol. The van der Waals surface area contributed by atoms with Gasteiger partial charge in [-0.25, -0.2) is 0 Å². The number of benzene rings is 1. The highest BCUT2D eigenvalue weighted by Gasteiger charge is 2.42. The second-order valence-electron chi connectivity index (χ2n) is 6.60. The van der Waals surface area contributed by atoms with Gasteiger partial charge in [-0.05, 0) is 48.6 Å². The largest absolute Gasteiger partial charge is 0.378 e. The molecule has 0 aliphatic carbocycles. The van der Waals surface area contributed by atoms with E-state index in [0.29, 0.717) is 5.92 Å². The van der Waals surface area contributed by atoms with Crippen molar-refractivity contribution in [2.45, 2.75) is 30.9 Å². The maximum atomic E-state index is 6.57. The Bertz CT molecular complexity index is 468. The van der Waals surface area contributed by atoms with Crippen LogP contribution in [0.3, 0.4) is 0 Å². The van der Waals surface area contributed by atoms with Crippen LogP contribution in [0.2, 0.25) is 0 Å². The van der Waals surface area contributed by atoms with Gasteiger partial charge >= 0.3 is 0 Å². The number of nitrogens with two attached hydrogens (primary N) is 1. The highest BCUT2D eigenvalue weighted by atomic mass is 32.2. The van der Waals surface area contributed by atoms with Crippen LogP contribution >= 0.6 is 11.8 Å². The van der Waals surface area contributed by atoms with E-state index in [1.165, 1.54) is 23.4 Å². The summed E-state index contributed by atoms with van der Waals surface area (Å²) in [6.45, 7) is 0.870. The SMILES string of the molecule is CN(C)c1ccc(C(N)C2CCOC3(CCSC3)C2)cc1. The van der Waals surface area contributed by atoms with Crippen LogP contribution in [0.25, 0.3) is 0 Å². The maximum absolute atomic E-state index is 6.57. The number of hydrogen-bond donors (Lipinski definition) is 1. The molecule has 3 nitrogen and oxygen atoms in total. The van der Waals surface area contributed by atoms with Gasteiger partial charge in [0.2, 0.25) is 0 Å². The Labute approximate surface area is 132 Å². The molecule has 0 bridgehead atoms. The fourth-order valence-corrected chi connectivity index (χ4v) is 4.88. The van der Waals surface area contributed by atoms with Crippen LogP contribution in [0.5, 0.6) is 0 Å². The summed E-state index contributed by atoms with van der Waals surface area (Å²) in [6.07, 6.45) is 3.40. The van der Waals surface area contributed by atoms with Gasteiger partial charge in [-0.1, -0.05) is 12.1 Å². The Morgan fingerprint density at radius 2 is 2.10 bits per heavy atom. The Balaban J connectivity index is 1.70. The van der Waals surface area contributed by atoms with Gasteiger partial charge in [0.1, 0.15) is 0 Å². The molecule has 0 aromatic heterocycles. The van der Waals surface area contributed by atoms with Gasteiger partial charge in [0.05, 0.1) is 5.60 Å². The van der Waals surface area contributed by atoms with E-state index >= 15 is 0 Å². The van der Waals surface area contributed by atoms with Crippen molar-refractivity contribution in [1.29, 1.82) is 0 Å². The topological polar surface area (TPSA) is 38.5 Å². The normalized spacial score (nSPS) is 30.5. The lowest BCUT2D eigenvalue weighted by molar-refractivity contribution is -0.0834. The lowest BCUT2D eigenvalue weighted by Crippen LogP contribution is -2.42. The van der Waals surface area contributed by atoms with Crippen LogP contribution in [-0.2, 0) is 4.74 Å². The number of nitrogens with zero attached hydrogens (tertiary/aromatic N) is 1. The fourth-order valence-electron chi connectivity index (χ4n) is 3.50. The number of thioether (sulfide) groups is 1. The summed E-state index contributed by atoms with van der Waals surface area (Å²) < 4.78 is 6.11. The molecule has 3 atom stereocenters. The zero-order valence-electron chi connectivity index (χ0n) is 13.0. The van der Waals surface area contributed by atoms with E-state index in [9.17, 15) is 0 Å². The molecule has 1 spiro atoms. The quantitative estimate of drug-likeness (QED) is 0.931. The van der Waals surface area contributed by atoms with E-state index in [4.69, 9.17) is 10.5 Å². The molecule has 116 valence electrons. The lowest BCUT2D eigenvalue weighted by atomic mass is 9.79. The molecule has 0 amide bonds. The van der Waals surface area contributed by atoms with E-state index in [-0.39, 0.29) is 11.6 Å². The van der Waals surface area contributed by atoms with Gasteiger partial charge in [0.15, 0.2) is 0 Å². The second-order valence-corrected chi connectivity index (χ2v) is 7.70. The average molecular weight is 306 g/mol. The van der Waals surface area contributed by atoms with Crippen molar-refractivity contribution >= 4 is 17.4 Å². The highest BCUT2D eigenvalue weighted by molar-refractivity contribution is 7.99. The van der Waals surface area contributed by atoms with Crippen molar-refractivity contribution in [1.82, 2.24) is 0 Å². The minimum atomic E-state index is 0.120. The molecule has 0 radical (unpaired) electrons. The molecule has 2 heterocycles. The zero-order valence-corrected chi connectivity index (χ0v) is 13.9. The van der Waals surface area contributed by atoms with Gasteiger partial charge in [-0.3, -0.25) is 0 Å². The van der Waals surface area contributed by atoms with E-state index < -0.39 is 0 Å². The third kappa shape index (κ3) is 3.22. The summed E-state index contributed by atoms with van der Waals surface area (Å²) in [7, 11) is 4.13. The summed E-state index contributed by atoms with van der Waals surface area (Å²) in [5, 5.41) is 0. The summed E-state index contributed by atoms with van der Waals surface area (Å²) in [4.78, 5) is 2.12. The standard InChI is InChI=1S/C17H26N2OS/c1-19(2)15-5-3-13(4-6-15)16(18)14-7-9-20-17(11-14)8-10-21-12-17/h3-6,14,16H,7-12,18H2,1-2H3. The van der Waals surface area contributed by atoms with Crippen molar-refractivity contribution < 1.29 is 4.74 Å². The molecule has 2 fully saturated rings. The van der Waals surface area contributed by atoms with Gasteiger partial charge in [-0.15, -0.1) is 0 Å². The van der Waals surface area contributed by atoms with Crippen molar-refractivity contribution in [3.05, 3.63) is 29.8 Å². The first-order valence-electron chi connectivity index (χ1n) is 7.84. The van der Waals surface area contributed by atoms with Gasteiger partial charge in [0, 0.05) is 38.2 Å². The zero-order chi connectivity index (χ0) is 14.9. The third-order valence-corrected chi connectivity index (χ3v) is 6.12. The first-order valence-corrected chi connectivity index (χ1v) is 9.00. The molecule has 3 rings (SSSR count). The monoisotopic (exact) mass is 306 g/mol. The van der Waals surface area contributed by atoms with E-state index in [0.717, 1.165) is 25.2 Å². The minimum Gasteiger partial charge on any atom is -0.378 e. The summed E-state index contributed by atoms with van der Waals surface area (Å²) in [5.74, 6) is 2.93. The van der Waals surface area contributed by atoms with Crippen LogP contribution < -0.4 is 10.6 Å². The lowest BCUT2D eigenvalue weighted by Gasteiger charge is -2.40. The Morgan fingerprint density at radius 3 is 2.71 bits per heavy atom. The van der Waals surface area contributed by atoms with Crippen LogP contribution in [0, 0.1) is 5.92 Å². The van der Waals surface area contributed by atoms with E-state index in [2.05, 4.69) is 43.3 Å². The number of hydrogen-bond acceptors (Lipinski definition) is 4. The van der Waals surface area contributed by atoms with Crippen LogP contribution in [0.1, 0.15) is 30.9 Å². The second kappa shape index (κ2) is 6.19. The van der Waals surface area contributed by atoms with Crippen molar-refractivity contribution in [2.24, 2.45) is 11.7 Å². The molecule has 2 N–H and O–H groups in total. The molecule has 4 heteroatoms. The molecule has 3 unspecified atom stereocenters. The molecule has 1 aromatic carbocycles. The highest BCUT2D eigenvalue weighted by Crippen LogP contribution is 2.43. The van der Waals surface area contributed by atoms with Crippen molar-refractivity contribution in [3.63, 3.8) is 0 Å². The van der Waals surface area contributed by atoms with Crippen molar-refractivity contribution in [3.8, 4) is 0 Å². The number of rotatable bonds is 3. The summed E-state index contributed by atoms with van der Waals surface area (Å²) in [6, 6.07) is 8.83. The molecular formula is C17H26N2OS. The summed E-state index contributed by atoms with van der Waals surface area (Å²) >= 11 is 2.02. The predicted octanol–water partition coefficient (Wildman–Crippen LogP) is 3.05. The molecule has 2 aliphatic rings. The van der Waals surface area contributed by atoms with E-state index in [1.807, 2.05) is 11.8 Å². The molecule has 21 heavy (non-hydrogen) atoms. The Hall–Kier alpha value is -0.710. The number of ether oxygens (including phenoxy) is 1. The molecule has 2 saturated heterocycles. The third-order valence-electron chi connectivity index (χ3n) is 4.90. The van der Waals surface area contributed by atoms with Gasteiger partial charge < -0.3 is 15.4 Å². The first-order chi connectivity index (χ1) is 10.1. The van der Waals surface area contributed by atoms with Crippen molar-refractivity contribution in [2.75, 3.05) is 37.1 Å². The Kier molecular flexibility index (Phi) is 4.48. The molecular weight excluding hydrogens is 280 g/mol. The summed E-state index contributed by atoms with van der Waals surface area (Å²) in [5.41, 5.74) is 9.17. The van der Waals surface area contributed by atoms with Crippen LogP contribution in [-0.4, -0.2) is 37.8 Å². The van der Waals surface area contributed by atoms with Crippen LogP contribution in [0.15, 0.2) is 24.3 Å². The smallest absolute Gasteiger partial charge is 0.0783 e. The average Bonchev–Trinajstić information content (AvgIpc) is 2.94. The maximum Gasteiger partial charge on any atom is 0.0783 e. The molecule has 2 aliphatic heterocycles. The Morgan fingerprint density at radius 1 is 1.33 bits per heavy atom.